The molecule has 4 rings (SSSR count). The van der Waals surface area contributed by atoms with Gasteiger partial charge in [0.05, 0.1) is 6.54 Å². The minimum atomic E-state index is -6.42. The summed E-state index contributed by atoms with van der Waals surface area (Å²) >= 11 is 0. The molecule has 1 aromatic rings. The number of carbonyl (C=O) groups excluding carboxylic acids is 1. The number of fused-ring (bicyclic) bond motifs is 5. The lowest BCUT2D eigenvalue weighted by Gasteiger charge is -2.54. The van der Waals surface area contributed by atoms with Crippen molar-refractivity contribution in [3.05, 3.63) is 29.3 Å². The molecule has 3 unspecified atom stereocenters. The van der Waals surface area contributed by atoms with Crippen LogP contribution in [-0.4, -0.2) is 58.2 Å². The maximum Gasteiger partial charge on any atom is 0.459 e. The van der Waals surface area contributed by atoms with Gasteiger partial charge in [0.25, 0.3) is 0 Å². The topological polar surface area (TPSA) is 60.8 Å². The first kappa shape index (κ1) is 37.3. The SMILES string of the molecule is C#C[C@]1(O)CCC2C3C(CC[C@@]21C)c1ccc(O)cc1C[C@H]3CCCCCCCCCCC(=O)N(C)CC(F)(F)C(F)(F)C(F)(F)F. The summed E-state index contributed by atoms with van der Waals surface area (Å²) in [6, 6.07) is 5.77. The molecule has 1 amide bonds. The molecule has 264 valence electrons. The Hall–Kier alpha value is -2.48. The number of benzene rings is 1. The molecule has 0 radical (unpaired) electrons. The molecule has 0 spiro atoms. The number of carbonyl (C=O) groups is 1. The van der Waals surface area contributed by atoms with Gasteiger partial charge in [0.1, 0.15) is 11.4 Å². The predicted molar refractivity (Wildman–Crippen MR) is 165 cm³/mol. The van der Waals surface area contributed by atoms with Crippen LogP contribution in [0.5, 0.6) is 5.75 Å². The number of terminal acetylenes is 1. The van der Waals surface area contributed by atoms with E-state index in [1.165, 1.54) is 11.1 Å². The standard InChI is InChI=1S/C36H48F7NO3/c1-4-33(47)20-18-29-31-24(21-25-22-26(45)15-16-27(25)28(31)17-19-32(29,33)2)13-11-9-7-5-6-8-10-12-14-30(46)44(3)23-34(37,38)35(39,40)36(41,42)43/h1,15-16,22,24,28-29,31,45,47H,5-14,17-21,23H2,2-3H3/t24-,28?,29?,31?,32+,33+/m1/s1. The van der Waals surface area contributed by atoms with Gasteiger partial charge in [0, 0.05) is 18.9 Å². The number of halogens is 7. The van der Waals surface area contributed by atoms with Crippen molar-refractivity contribution in [2.45, 2.75) is 133 Å². The smallest absolute Gasteiger partial charge is 0.459 e. The summed E-state index contributed by atoms with van der Waals surface area (Å²) < 4.78 is 90.5. The molecule has 2 N–H and O–H groups in total. The average Bonchev–Trinajstić information content (AvgIpc) is 3.27. The van der Waals surface area contributed by atoms with E-state index in [0.29, 0.717) is 42.9 Å². The second-order valence-electron chi connectivity index (χ2n) is 14.5. The van der Waals surface area contributed by atoms with E-state index >= 15 is 0 Å². The van der Waals surface area contributed by atoms with E-state index in [1.807, 2.05) is 6.07 Å². The lowest BCUT2D eigenvalue weighted by Crippen LogP contribution is -2.57. The highest BCUT2D eigenvalue weighted by molar-refractivity contribution is 5.75. The molecule has 0 heterocycles. The number of nitrogens with zero attached hydrogens (tertiary/aromatic N) is 1. The number of aromatic hydroxyl groups is 1. The van der Waals surface area contributed by atoms with Crippen molar-refractivity contribution in [3.8, 4) is 18.1 Å². The predicted octanol–water partition coefficient (Wildman–Crippen LogP) is 9.03. The van der Waals surface area contributed by atoms with E-state index < -0.39 is 36.1 Å². The Labute approximate surface area is 273 Å². The fourth-order valence-electron chi connectivity index (χ4n) is 8.94. The summed E-state index contributed by atoms with van der Waals surface area (Å²) in [5.74, 6) is -7.91. The van der Waals surface area contributed by atoms with E-state index in [2.05, 4.69) is 18.9 Å². The van der Waals surface area contributed by atoms with Crippen LogP contribution in [0.15, 0.2) is 18.2 Å². The molecule has 0 aromatic heterocycles. The first-order valence-electron chi connectivity index (χ1n) is 17.0. The number of hydrogen-bond acceptors (Lipinski definition) is 3. The molecular weight excluding hydrogens is 627 g/mol. The Morgan fingerprint density at radius 3 is 2.21 bits per heavy atom. The highest BCUT2D eigenvalue weighted by Gasteiger charge is 2.73. The zero-order valence-corrected chi connectivity index (χ0v) is 27.3. The van der Waals surface area contributed by atoms with Crippen LogP contribution in [0.1, 0.15) is 114 Å². The van der Waals surface area contributed by atoms with Gasteiger partial charge in [0.2, 0.25) is 5.91 Å². The van der Waals surface area contributed by atoms with Crippen LogP contribution in [-0.2, 0) is 11.2 Å². The number of rotatable bonds is 14. The molecule has 4 nitrogen and oxygen atoms in total. The highest BCUT2D eigenvalue weighted by Crippen LogP contribution is 2.65. The van der Waals surface area contributed by atoms with Crippen LogP contribution in [0.4, 0.5) is 30.7 Å². The van der Waals surface area contributed by atoms with Gasteiger partial charge in [-0.25, -0.2) is 0 Å². The Kier molecular flexibility index (Phi) is 11.3. The molecule has 11 heteroatoms. The van der Waals surface area contributed by atoms with Crippen molar-refractivity contribution >= 4 is 5.91 Å². The van der Waals surface area contributed by atoms with Crippen LogP contribution in [0.3, 0.4) is 0 Å². The zero-order valence-electron chi connectivity index (χ0n) is 27.3. The summed E-state index contributed by atoms with van der Waals surface area (Å²) in [5, 5.41) is 21.6. The van der Waals surface area contributed by atoms with Crippen LogP contribution in [0.25, 0.3) is 0 Å². The van der Waals surface area contributed by atoms with Gasteiger partial charge in [-0.3, -0.25) is 4.79 Å². The average molecular weight is 676 g/mol. The number of aliphatic hydroxyl groups is 1. The van der Waals surface area contributed by atoms with Gasteiger partial charge in [0.15, 0.2) is 0 Å². The normalized spacial score (nSPS) is 29.0. The summed E-state index contributed by atoms with van der Waals surface area (Å²) in [7, 11) is 0.802. The molecule has 0 saturated heterocycles. The zero-order chi connectivity index (χ0) is 34.8. The Morgan fingerprint density at radius 1 is 0.979 bits per heavy atom. The molecule has 1 aromatic carbocycles. The maximum atomic E-state index is 13.6. The Bertz CT molecular complexity index is 1290. The van der Waals surface area contributed by atoms with Crippen molar-refractivity contribution < 1.29 is 45.7 Å². The number of phenolic OH excluding ortho intramolecular Hbond substituents is 1. The number of alkyl halides is 7. The third-order valence-electron chi connectivity index (χ3n) is 11.7. The Balaban J connectivity index is 1.18. The van der Waals surface area contributed by atoms with Gasteiger partial charge in [-0.15, -0.1) is 6.42 Å². The Morgan fingerprint density at radius 2 is 1.60 bits per heavy atom. The summed E-state index contributed by atoms with van der Waals surface area (Å²) in [6.45, 7) is 0.166. The molecule has 3 aliphatic rings. The number of hydrogen-bond donors (Lipinski definition) is 2. The summed E-state index contributed by atoms with van der Waals surface area (Å²) in [5.41, 5.74) is 1.18. The first-order chi connectivity index (χ1) is 21.9. The molecule has 2 fully saturated rings. The monoisotopic (exact) mass is 675 g/mol. The third-order valence-corrected chi connectivity index (χ3v) is 11.7. The molecule has 6 atom stereocenters. The fraction of sp³-hybridized carbons (Fsp3) is 0.750. The molecule has 47 heavy (non-hydrogen) atoms. The van der Waals surface area contributed by atoms with Crippen molar-refractivity contribution in [1.82, 2.24) is 4.90 Å². The minimum absolute atomic E-state index is 0.201. The highest BCUT2D eigenvalue weighted by atomic mass is 19.4. The van der Waals surface area contributed by atoms with Crippen LogP contribution < -0.4 is 0 Å². The van der Waals surface area contributed by atoms with E-state index in [-0.39, 0.29) is 22.5 Å². The van der Waals surface area contributed by atoms with E-state index in [4.69, 9.17) is 6.42 Å². The second-order valence-corrected chi connectivity index (χ2v) is 14.5. The summed E-state index contributed by atoms with van der Waals surface area (Å²) in [4.78, 5) is 12.3. The summed E-state index contributed by atoms with van der Waals surface area (Å²) in [6.07, 6.45) is 11.4. The van der Waals surface area contributed by atoms with E-state index in [0.717, 1.165) is 77.7 Å². The van der Waals surface area contributed by atoms with E-state index in [1.54, 1.807) is 6.07 Å². The minimum Gasteiger partial charge on any atom is -0.508 e. The second kappa shape index (κ2) is 14.2. The number of unbranched alkanes of at least 4 members (excludes halogenated alkanes) is 7. The molecular formula is C36H48F7NO3. The molecule has 0 aliphatic heterocycles. The van der Waals surface area contributed by atoms with Gasteiger partial charge >= 0.3 is 18.0 Å². The lowest BCUT2D eigenvalue weighted by molar-refractivity contribution is -0.355. The van der Waals surface area contributed by atoms with Crippen molar-refractivity contribution in [2.24, 2.45) is 23.2 Å². The van der Waals surface area contributed by atoms with Gasteiger partial charge in [-0.1, -0.05) is 63.9 Å². The molecule has 0 bridgehead atoms. The first-order valence-corrected chi connectivity index (χ1v) is 17.0. The quantitative estimate of drug-likeness (QED) is 0.118. The van der Waals surface area contributed by atoms with Gasteiger partial charge in [-0.05, 0) is 91.9 Å². The third kappa shape index (κ3) is 7.43. The molecule has 2 saturated carbocycles. The number of phenols is 1. The van der Waals surface area contributed by atoms with Crippen LogP contribution >= 0.6 is 0 Å². The fourth-order valence-corrected chi connectivity index (χ4v) is 8.94. The largest absolute Gasteiger partial charge is 0.508 e. The lowest BCUT2D eigenvalue weighted by atomic mass is 9.50. The van der Waals surface area contributed by atoms with Crippen molar-refractivity contribution in [2.75, 3.05) is 13.6 Å². The van der Waals surface area contributed by atoms with Crippen LogP contribution in [0, 0.1) is 35.5 Å². The van der Waals surface area contributed by atoms with E-state index in [9.17, 15) is 45.7 Å². The number of amides is 1. The van der Waals surface area contributed by atoms with Gasteiger partial charge < -0.3 is 15.1 Å². The van der Waals surface area contributed by atoms with Crippen molar-refractivity contribution in [1.29, 1.82) is 0 Å². The van der Waals surface area contributed by atoms with Gasteiger partial charge in [-0.2, -0.15) is 30.7 Å². The van der Waals surface area contributed by atoms with Crippen LogP contribution in [0.2, 0.25) is 0 Å². The van der Waals surface area contributed by atoms with Crippen molar-refractivity contribution in [3.63, 3.8) is 0 Å². The molecule has 3 aliphatic carbocycles. The maximum absolute atomic E-state index is 13.6.